The fraction of sp³-hybridized carbons (Fsp3) is 0.588. The number of aryl methyl sites for hydroxylation is 1. The Hall–Kier alpha value is -1.55. The maximum atomic E-state index is 12.3. The van der Waals surface area contributed by atoms with Crippen molar-refractivity contribution < 1.29 is 9.53 Å². The molecule has 0 aromatic heterocycles. The summed E-state index contributed by atoms with van der Waals surface area (Å²) in [6.45, 7) is 10.5. The molecule has 1 atom stereocenters. The molecule has 1 unspecified atom stereocenters. The molecule has 0 saturated heterocycles. The fourth-order valence-corrected chi connectivity index (χ4v) is 2.24. The van der Waals surface area contributed by atoms with Crippen LogP contribution in [0.1, 0.15) is 39.7 Å². The highest BCUT2D eigenvalue weighted by Crippen LogP contribution is 2.23. The lowest BCUT2D eigenvalue weighted by molar-refractivity contribution is -0.120. The molecular weight excluding hydrogens is 264 g/mol. The van der Waals surface area contributed by atoms with Gasteiger partial charge >= 0.3 is 0 Å². The van der Waals surface area contributed by atoms with E-state index < -0.39 is 0 Å². The quantitative estimate of drug-likeness (QED) is 0.810. The smallest absolute Gasteiger partial charge is 0.228 e. The molecule has 0 saturated carbocycles. The highest BCUT2D eigenvalue weighted by atomic mass is 16.5. The van der Waals surface area contributed by atoms with Crippen LogP contribution in [-0.2, 0) is 4.79 Å². The van der Waals surface area contributed by atoms with Crippen molar-refractivity contribution in [3.63, 3.8) is 0 Å². The van der Waals surface area contributed by atoms with Gasteiger partial charge in [0.1, 0.15) is 5.75 Å². The van der Waals surface area contributed by atoms with E-state index in [0.717, 1.165) is 23.4 Å². The van der Waals surface area contributed by atoms with Crippen LogP contribution in [0.25, 0.3) is 0 Å². The van der Waals surface area contributed by atoms with Crippen LogP contribution in [0, 0.1) is 18.8 Å². The summed E-state index contributed by atoms with van der Waals surface area (Å²) in [6.07, 6.45) is 0.938. The van der Waals surface area contributed by atoms with E-state index in [0.29, 0.717) is 12.5 Å². The number of anilines is 1. The predicted octanol–water partition coefficient (Wildman–Crippen LogP) is 3.34. The Morgan fingerprint density at radius 3 is 2.43 bits per heavy atom. The maximum absolute atomic E-state index is 12.3. The van der Waals surface area contributed by atoms with Crippen molar-refractivity contribution >= 4 is 11.6 Å². The number of nitrogens with one attached hydrogen (secondary N) is 1. The summed E-state index contributed by atoms with van der Waals surface area (Å²) >= 11 is 0. The molecule has 1 aromatic rings. The van der Waals surface area contributed by atoms with E-state index in [1.165, 1.54) is 0 Å². The first-order chi connectivity index (χ1) is 9.83. The molecule has 1 aromatic carbocycles. The summed E-state index contributed by atoms with van der Waals surface area (Å²) in [5.74, 6) is 1.12. The molecule has 0 radical (unpaired) electrons. The van der Waals surface area contributed by atoms with E-state index in [1.54, 1.807) is 0 Å². The second-order valence-corrected chi connectivity index (χ2v) is 6.19. The highest BCUT2D eigenvalue weighted by Gasteiger charge is 2.18. The summed E-state index contributed by atoms with van der Waals surface area (Å²) in [5, 5.41) is 2.97. The molecule has 118 valence electrons. The number of carbonyl (C=O) groups is 1. The SMILES string of the molecule is Cc1cc(OC(C)C)ccc1NC(=O)C(CN)CC(C)C. The highest BCUT2D eigenvalue weighted by molar-refractivity contribution is 5.93. The van der Waals surface area contributed by atoms with Crippen LogP contribution in [0.4, 0.5) is 5.69 Å². The largest absolute Gasteiger partial charge is 0.491 e. The third-order valence-electron chi connectivity index (χ3n) is 3.24. The topological polar surface area (TPSA) is 64.3 Å². The first-order valence-electron chi connectivity index (χ1n) is 7.61. The van der Waals surface area contributed by atoms with E-state index in [2.05, 4.69) is 19.2 Å². The zero-order valence-corrected chi connectivity index (χ0v) is 13.8. The number of carbonyl (C=O) groups excluding carboxylic acids is 1. The molecule has 0 bridgehead atoms. The van der Waals surface area contributed by atoms with Gasteiger partial charge in [0.25, 0.3) is 0 Å². The Morgan fingerprint density at radius 2 is 1.95 bits per heavy atom. The zero-order valence-electron chi connectivity index (χ0n) is 13.8. The van der Waals surface area contributed by atoms with Gasteiger partial charge in [-0.05, 0) is 56.9 Å². The molecule has 0 heterocycles. The van der Waals surface area contributed by atoms with Crippen molar-refractivity contribution in [1.29, 1.82) is 0 Å². The monoisotopic (exact) mass is 292 g/mol. The summed E-state index contributed by atoms with van der Waals surface area (Å²) in [4.78, 5) is 12.3. The van der Waals surface area contributed by atoms with Crippen molar-refractivity contribution in [1.82, 2.24) is 0 Å². The number of benzene rings is 1. The van der Waals surface area contributed by atoms with Gasteiger partial charge in [-0.2, -0.15) is 0 Å². The van der Waals surface area contributed by atoms with Gasteiger partial charge in [-0.1, -0.05) is 13.8 Å². The number of amides is 1. The average Bonchev–Trinajstić information content (AvgIpc) is 2.38. The number of nitrogens with two attached hydrogens (primary N) is 1. The van der Waals surface area contributed by atoms with Crippen LogP contribution < -0.4 is 15.8 Å². The summed E-state index contributed by atoms with van der Waals surface area (Å²) in [6, 6.07) is 5.70. The van der Waals surface area contributed by atoms with Crippen LogP contribution in [0.15, 0.2) is 18.2 Å². The molecule has 3 N–H and O–H groups in total. The standard InChI is InChI=1S/C17H28N2O2/c1-11(2)8-14(10-18)17(20)19-16-7-6-15(9-13(16)5)21-12(3)4/h6-7,9,11-12,14H,8,10,18H2,1-5H3,(H,19,20). The lowest BCUT2D eigenvalue weighted by Crippen LogP contribution is -2.30. The molecule has 0 aliphatic carbocycles. The minimum Gasteiger partial charge on any atom is -0.491 e. The summed E-state index contributed by atoms with van der Waals surface area (Å²) in [5.41, 5.74) is 7.52. The average molecular weight is 292 g/mol. The van der Waals surface area contributed by atoms with Gasteiger partial charge < -0.3 is 15.8 Å². The molecule has 21 heavy (non-hydrogen) atoms. The van der Waals surface area contributed by atoms with Crippen molar-refractivity contribution in [2.45, 2.75) is 47.1 Å². The van der Waals surface area contributed by atoms with Gasteiger partial charge in [-0.25, -0.2) is 0 Å². The normalized spacial score (nSPS) is 12.6. The van der Waals surface area contributed by atoms with E-state index in [1.807, 2.05) is 39.0 Å². The second-order valence-electron chi connectivity index (χ2n) is 6.19. The number of ether oxygens (including phenoxy) is 1. The Labute approximate surface area is 128 Å². The number of hydrogen-bond donors (Lipinski definition) is 2. The van der Waals surface area contributed by atoms with Crippen molar-refractivity contribution in [2.75, 3.05) is 11.9 Å². The third kappa shape index (κ3) is 5.76. The van der Waals surface area contributed by atoms with Crippen molar-refractivity contribution in [3.05, 3.63) is 23.8 Å². The Balaban J connectivity index is 2.75. The van der Waals surface area contributed by atoms with Crippen molar-refractivity contribution in [3.8, 4) is 5.75 Å². The molecule has 0 aliphatic heterocycles. The second kappa shape index (κ2) is 8.03. The molecule has 0 aliphatic rings. The van der Waals surface area contributed by atoms with Crippen LogP contribution in [0.2, 0.25) is 0 Å². The molecule has 0 fully saturated rings. The van der Waals surface area contributed by atoms with Crippen LogP contribution in [0.5, 0.6) is 5.75 Å². The fourth-order valence-electron chi connectivity index (χ4n) is 2.24. The molecular formula is C17H28N2O2. The summed E-state index contributed by atoms with van der Waals surface area (Å²) < 4.78 is 5.64. The third-order valence-corrected chi connectivity index (χ3v) is 3.24. The predicted molar refractivity (Wildman–Crippen MR) is 87.6 cm³/mol. The lowest BCUT2D eigenvalue weighted by atomic mass is 9.96. The Kier molecular flexibility index (Phi) is 6.69. The molecule has 0 spiro atoms. The lowest BCUT2D eigenvalue weighted by Gasteiger charge is -2.18. The molecule has 4 nitrogen and oxygen atoms in total. The minimum atomic E-state index is -0.143. The Morgan fingerprint density at radius 1 is 1.29 bits per heavy atom. The summed E-state index contributed by atoms with van der Waals surface area (Å²) in [7, 11) is 0. The first-order valence-corrected chi connectivity index (χ1v) is 7.61. The Bertz CT molecular complexity index is 470. The number of rotatable bonds is 7. The van der Waals surface area contributed by atoms with Crippen LogP contribution in [0.3, 0.4) is 0 Å². The van der Waals surface area contributed by atoms with E-state index >= 15 is 0 Å². The van der Waals surface area contributed by atoms with Gasteiger partial charge in [0.05, 0.1) is 12.0 Å². The minimum absolute atomic E-state index is 0.00757. The van der Waals surface area contributed by atoms with E-state index in [-0.39, 0.29) is 17.9 Å². The first kappa shape index (κ1) is 17.5. The van der Waals surface area contributed by atoms with Gasteiger partial charge in [0, 0.05) is 12.2 Å². The number of hydrogen-bond acceptors (Lipinski definition) is 3. The van der Waals surface area contributed by atoms with Gasteiger partial charge in [-0.3, -0.25) is 4.79 Å². The molecule has 1 rings (SSSR count). The van der Waals surface area contributed by atoms with Gasteiger partial charge in [0.2, 0.25) is 5.91 Å². The van der Waals surface area contributed by atoms with Gasteiger partial charge in [0.15, 0.2) is 0 Å². The van der Waals surface area contributed by atoms with Crippen LogP contribution in [-0.4, -0.2) is 18.6 Å². The maximum Gasteiger partial charge on any atom is 0.228 e. The zero-order chi connectivity index (χ0) is 16.0. The van der Waals surface area contributed by atoms with E-state index in [9.17, 15) is 4.79 Å². The van der Waals surface area contributed by atoms with Crippen LogP contribution >= 0.6 is 0 Å². The van der Waals surface area contributed by atoms with Gasteiger partial charge in [-0.15, -0.1) is 0 Å². The van der Waals surface area contributed by atoms with Crippen molar-refractivity contribution in [2.24, 2.45) is 17.6 Å². The molecule has 4 heteroatoms. The molecule has 1 amide bonds. The van der Waals surface area contributed by atoms with E-state index in [4.69, 9.17) is 10.5 Å².